The van der Waals surface area contributed by atoms with Crippen LogP contribution < -0.4 is 22.1 Å². The lowest BCUT2D eigenvalue weighted by Crippen LogP contribution is -2.35. The number of nitrogen functional groups attached to an aromatic ring is 2. The second-order valence-electron chi connectivity index (χ2n) is 8.04. The lowest BCUT2D eigenvalue weighted by molar-refractivity contribution is 0.0592. The lowest BCUT2D eigenvalue weighted by Gasteiger charge is -2.05. The monoisotopic (exact) mass is 548 g/mol. The number of methoxy groups -OCH3 is 2. The van der Waals surface area contributed by atoms with E-state index in [9.17, 15) is 19.2 Å². The van der Waals surface area contributed by atoms with E-state index in [0.717, 1.165) is 9.59 Å². The van der Waals surface area contributed by atoms with E-state index in [4.69, 9.17) is 11.5 Å². The summed E-state index contributed by atoms with van der Waals surface area (Å²) in [6.07, 6.45) is 0. The number of nitrogens with two attached hydrogens (primary N) is 2. The molecular weight excluding hydrogens is 524 g/mol. The number of ether oxygens (including phenoxy) is 2. The highest BCUT2D eigenvalue weighted by atomic mass is 16.5. The number of esters is 2. The first-order valence-electron chi connectivity index (χ1n) is 11.6. The minimum Gasteiger partial charge on any atom is -0.465 e. The van der Waals surface area contributed by atoms with Gasteiger partial charge in [0.05, 0.1) is 36.7 Å². The van der Waals surface area contributed by atoms with Gasteiger partial charge in [-0.1, -0.05) is 0 Å². The maximum Gasteiger partial charge on any atom is 0.337 e. The van der Waals surface area contributed by atoms with Crippen molar-refractivity contribution >= 4 is 35.4 Å². The molecule has 4 rings (SSSR count). The zero-order chi connectivity index (χ0) is 28.8. The molecule has 2 aromatic heterocycles. The van der Waals surface area contributed by atoms with Crippen LogP contribution >= 0.6 is 0 Å². The van der Waals surface area contributed by atoms with Crippen LogP contribution in [0.25, 0.3) is 11.4 Å². The van der Waals surface area contributed by atoms with Gasteiger partial charge in [-0.3, -0.25) is 9.59 Å². The third-order valence-corrected chi connectivity index (χ3v) is 5.44. The van der Waals surface area contributed by atoms with Crippen molar-refractivity contribution in [3.8, 4) is 11.4 Å². The van der Waals surface area contributed by atoms with Crippen LogP contribution in [0.5, 0.6) is 0 Å². The molecule has 4 aromatic rings. The van der Waals surface area contributed by atoms with E-state index in [2.05, 4.69) is 40.5 Å². The van der Waals surface area contributed by atoms with Crippen LogP contribution in [0.1, 0.15) is 41.7 Å². The molecule has 0 saturated heterocycles. The summed E-state index contributed by atoms with van der Waals surface area (Å²) in [6.45, 7) is 0.0709. The Bertz CT molecular complexity index is 1440. The number of carbonyl (C=O) groups excluding carboxylic acids is 4. The quantitative estimate of drug-likeness (QED) is 0.157. The summed E-state index contributed by atoms with van der Waals surface area (Å²) in [5.74, 6) is -2.42. The van der Waals surface area contributed by atoms with E-state index in [1.54, 1.807) is 24.3 Å². The molecule has 2 amide bonds. The van der Waals surface area contributed by atoms with Gasteiger partial charge in [-0.15, -0.1) is 30.0 Å². The summed E-state index contributed by atoms with van der Waals surface area (Å²) in [4.78, 5) is 50.6. The van der Waals surface area contributed by atoms with Gasteiger partial charge < -0.3 is 31.6 Å². The molecule has 16 heteroatoms. The van der Waals surface area contributed by atoms with E-state index >= 15 is 0 Å². The first-order valence-corrected chi connectivity index (χ1v) is 11.6. The smallest absolute Gasteiger partial charge is 0.337 e. The van der Waals surface area contributed by atoms with Crippen molar-refractivity contribution < 1.29 is 28.7 Å². The van der Waals surface area contributed by atoms with Gasteiger partial charge in [-0.2, -0.15) is 0 Å². The van der Waals surface area contributed by atoms with Crippen LogP contribution in [0.15, 0.2) is 48.5 Å². The Morgan fingerprint density at radius 3 is 1.32 bits per heavy atom. The molecule has 0 aliphatic carbocycles. The Hall–Kier alpha value is -5.80. The van der Waals surface area contributed by atoms with Crippen molar-refractivity contribution in [3.05, 3.63) is 71.0 Å². The summed E-state index contributed by atoms with van der Waals surface area (Å²) < 4.78 is 9.32. The standard InChI is InChI=1S/C24H24N10O6/c1-39-23(37)13-3-7-15(8-4-13)33-29-17(19(25)31-33)21(35)27-11-12-28-22(36)18-20(26)32-34(30-18)16-9-5-14(6-10-16)24(38)40-2/h3-10H,11-12H2,1-2H3,(H2,25,31)(H2,26,32)(H,27,35)(H,28,36). The molecule has 0 fully saturated rings. The van der Waals surface area contributed by atoms with Crippen LogP contribution in [0.3, 0.4) is 0 Å². The highest BCUT2D eigenvalue weighted by Crippen LogP contribution is 2.14. The Balaban J connectivity index is 1.31. The molecule has 0 bridgehead atoms. The van der Waals surface area contributed by atoms with E-state index in [-0.39, 0.29) is 36.1 Å². The minimum atomic E-state index is -0.606. The zero-order valence-corrected chi connectivity index (χ0v) is 21.3. The number of nitrogens with zero attached hydrogens (tertiary/aromatic N) is 6. The predicted octanol–water partition coefficient (Wildman–Crippen LogP) is -0.255. The summed E-state index contributed by atoms with van der Waals surface area (Å²) in [7, 11) is 2.55. The summed E-state index contributed by atoms with van der Waals surface area (Å²) in [5.41, 5.74) is 13.1. The molecule has 2 heterocycles. The Morgan fingerprint density at radius 2 is 1.00 bits per heavy atom. The second kappa shape index (κ2) is 11.7. The predicted molar refractivity (Wildman–Crippen MR) is 139 cm³/mol. The third kappa shape index (κ3) is 5.85. The first-order chi connectivity index (χ1) is 19.2. The van der Waals surface area contributed by atoms with Crippen molar-refractivity contribution in [3.63, 3.8) is 0 Å². The molecule has 2 aromatic carbocycles. The van der Waals surface area contributed by atoms with Gasteiger partial charge in [0, 0.05) is 13.1 Å². The van der Waals surface area contributed by atoms with Crippen LogP contribution in [-0.2, 0) is 9.47 Å². The number of aromatic nitrogens is 6. The molecule has 40 heavy (non-hydrogen) atoms. The number of nitrogens with one attached hydrogen (secondary N) is 2. The molecule has 6 N–H and O–H groups in total. The van der Waals surface area contributed by atoms with Crippen LogP contribution in [0.4, 0.5) is 11.6 Å². The fourth-order valence-corrected chi connectivity index (χ4v) is 3.41. The number of carbonyl (C=O) groups is 4. The number of amides is 2. The Labute approximate surface area is 226 Å². The van der Waals surface area contributed by atoms with Crippen LogP contribution in [-0.4, -0.2) is 81.0 Å². The maximum absolute atomic E-state index is 12.6. The minimum absolute atomic E-state index is 0.0354. The van der Waals surface area contributed by atoms with Gasteiger partial charge in [0.15, 0.2) is 23.0 Å². The SMILES string of the molecule is COC(=O)c1ccc(-n2nc(N)c(C(=O)NCCNC(=O)c3nn(-c4ccc(C(=O)OC)cc4)nc3N)n2)cc1. The van der Waals surface area contributed by atoms with Gasteiger partial charge in [0.1, 0.15) is 0 Å². The molecule has 206 valence electrons. The molecule has 0 aliphatic rings. The van der Waals surface area contributed by atoms with Gasteiger partial charge in [-0.25, -0.2) is 9.59 Å². The van der Waals surface area contributed by atoms with E-state index in [0.29, 0.717) is 22.5 Å². The average molecular weight is 549 g/mol. The van der Waals surface area contributed by atoms with Gasteiger partial charge >= 0.3 is 11.9 Å². The molecule has 0 aliphatic heterocycles. The fraction of sp³-hybridized carbons (Fsp3) is 0.167. The molecule has 0 unspecified atom stereocenters. The Kier molecular flexibility index (Phi) is 7.98. The molecule has 0 radical (unpaired) electrons. The Morgan fingerprint density at radius 1 is 0.650 bits per heavy atom. The van der Waals surface area contributed by atoms with E-state index in [1.165, 1.54) is 38.5 Å². The average Bonchev–Trinajstić information content (AvgIpc) is 3.57. The largest absolute Gasteiger partial charge is 0.465 e. The van der Waals surface area contributed by atoms with Crippen LogP contribution in [0, 0.1) is 0 Å². The first kappa shape index (κ1) is 27.2. The second-order valence-corrected chi connectivity index (χ2v) is 8.04. The number of hydrogen-bond donors (Lipinski definition) is 4. The molecule has 16 nitrogen and oxygen atoms in total. The number of hydrogen-bond acceptors (Lipinski definition) is 12. The maximum atomic E-state index is 12.6. The normalized spacial score (nSPS) is 10.6. The fourth-order valence-electron chi connectivity index (χ4n) is 3.41. The topological polar surface area (TPSA) is 224 Å². The third-order valence-electron chi connectivity index (χ3n) is 5.44. The van der Waals surface area contributed by atoms with Crippen molar-refractivity contribution in [1.29, 1.82) is 0 Å². The van der Waals surface area contributed by atoms with Gasteiger partial charge in [0.25, 0.3) is 11.8 Å². The van der Waals surface area contributed by atoms with Crippen molar-refractivity contribution in [2.45, 2.75) is 0 Å². The van der Waals surface area contributed by atoms with Gasteiger partial charge in [0.2, 0.25) is 0 Å². The van der Waals surface area contributed by atoms with Crippen molar-refractivity contribution in [2.24, 2.45) is 0 Å². The zero-order valence-electron chi connectivity index (χ0n) is 21.3. The highest BCUT2D eigenvalue weighted by Gasteiger charge is 2.19. The summed E-state index contributed by atoms with van der Waals surface area (Å²) in [6, 6.07) is 12.4. The lowest BCUT2D eigenvalue weighted by atomic mass is 10.2. The van der Waals surface area contributed by atoms with E-state index in [1.807, 2.05) is 0 Å². The molecule has 0 spiro atoms. The number of rotatable bonds is 9. The summed E-state index contributed by atoms with van der Waals surface area (Å²) in [5, 5.41) is 21.4. The number of benzene rings is 2. The molecular formula is C24H24N10O6. The van der Waals surface area contributed by atoms with Gasteiger partial charge in [-0.05, 0) is 48.5 Å². The van der Waals surface area contributed by atoms with E-state index < -0.39 is 23.8 Å². The number of anilines is 2. The molecule has 0 atom stereocenters. The van der Waals surface area contributed by atoms with Crippen molar-refractivity contribution in [1.82, 2.24) is 40.6 Å². The summed E-state index contributed by atoms with van der Waals surface area (Å²) >= 11 is 0. The highest BCUT2D eigenvalue weighted by molar-refractivity contribution is 5.97. The van der Waals surface area contributed by atoms with Crippen molar-refractivity contribution in [2.75, 3.05) is 38.8 Å². The molecule has 0 saturated carbocycles. The van der Waals surface area contributed by atoms with Crippen LogP contribution in [0.2, 0.25) is 0 Å².